The number of carbonyl (C=O) groups is 1. The molecule has 0 saturated carbocycles. The van der Waals surface area contributed by atoms with E-state index in [0.717, 1.165) is 16.5 Å². The molecule has 1 N–H and O–H groups in total. The second-order valence-electron chi connectivity index (χ2n) is 5.79. The molecule has 0 bridgehead atoms. The van der Waals surface area contributed by atoms with E-state index >= 15 is 0 Å². The highest BCUT2D eigenvalue weighted by Gasteiger charge is 2.15. The molecule has 0 radical (unpaired) electrons. The minimum atomic E-state index is -0.489. The minimum absolute atomic E-state index is 0.413. The quantitative estimate of drug-likeness (QED) is 0.914. The summed E-state index contributed by atoms with van der Waals surface area (Å²) in [6.45, 7) is 5.92. The van der Waals surface area contributed by atoms with Crippen LogP contribution in [0.25, 0.3) is 10.9 Å². The molecule has 1 heterocycles. The Morgan fingerprint density at radius 2 is 2.10 bits per heavy atom. The Morgan fingerprint density at radius 1 is 1.40 bits per heavy atom. The van der Waals surface area contributed by atoms with Gasteiger partial charge in [-0.3, -0.25) is 0 Å². The molecule has 0 spiro atoms. The number of carbonyl (C=O) groups excluding carboxylic acids is 1. The molecule has 4 nitrogen and oxygen atoms in total. The van der Waals surface area contributed by atoms with Crippen molar-refractivity contribution in [2.24, 2.45) is 7.05 Å². The maximum Gasteiger partial charge on any atom is 0.407 e. The van der Waals surface area contributed by atoms with Crippen molar-refractivity contribution >= 4 is 28.6 Å². The highest BCUT2D eigenvalue weighted by atomic mass is 35.5. The van der Waals surface area contributed by atoms with Crippen LogP contribution in [0.3, 0.4) is 0 Å². The highest BCUT2D eigenvalue weighted by Crippen LogP contribution is 2.25. The fourth-order valence-electron chi connectivity index (χ4n) is 1.99. The van der Waals surface area contributed by atoms with Crippen LogP contribution in [-0.4, -0.2) is 16.3 Å². The summed E-state index contributed by atoms with van der Waals surface area (Å²) in [5.74, 6) is 0. The van der Waals surface area contributed by atoms with Crippen LogP contribution >= 0.6 is 11.6 Å². The van der Waals surface area contributed by atoms with E-state index in [1.54, 1.807) is 0 Å². The summed E-state index contributed by atoms with van der Waals surface area (Å²) in [5.41, 5.74) is 1.56. The summed E-state index contributed by atoms with van der Waals surface area (Å²) >= 11 is 6.17. The van der Waals surface area contributed by atoms with E-state index in [1.807, 2.05) is 56.8 Å². The molecule has 1 aromatic heterocycles. The summed E-state index contributed by atoms with van der Waals surface area (Å²) in [6.07, 6.45) is 1.45. The molecular weight excluding hydrogens is 276 g/mol. The molecule has 108 valence electrons. The monoisotopic (exact) mass is 294 g/mol. The lowest BCUT2D eigenvalue weighted by molar-refractivity contribution is 0.0523. The van der Waals surface area contributed by atoms with Crippen molar-refractivity contribution < 1.29 is 9.53 Å². The molecule has 0 aliphatic carbocycles. The molecule has 0 atom stereocenters. The van der Waals surface area contributed by atoms with Gasteiger partial charge in [-0.1, -0.05) is 17.7 Å². The zero-order valence-corrected chi connectivity index (χ0v) is 12.9. The molecule has 0 unspecified atom stereocenters. The lowest BCUT2D eigenvalue weighted by Gasteiger charge is -2.19. The average Bonchev–Trinajstić information content (AvgIpc) is 2.60. The largest absolute Gasteiger partial charge is 0.444 e. The zero-order valence-electron chi connectivity index (χ0n) is 12.2. The van der Waals surface area contributed by atoms with E-state index in [-0.39, 0.29) is 0 Å². The number of ether oxygens (including phenoxy) is 1. The summed E-state index contributed by atoms with van der Waals surface area (Å²) in [6, 6.07) is 5.94. The number of hydrogen-bond donors (Lipinski definition) is 1. The van der Waals surface area contributed by atoms with Gasteiger partial charge in [0.05, 0.1) is 5.02 Å². The standard InChI is InChI=1S/C15H19ClN2O2/c1-15(2,3)20-14(19)17-8-10-5-6-13-11(7-10)12(16)9-18(13)4/h5-7,9H,8H2,1-4H3,(H,17,19). The number of halogens is 1. The van der Waals surface area contributed by atoms with Gasteiger partial charge in [0.1, 0.15) is 5.60 Å². The predicted molar refractivity (Wildman–Crippen MR) is 81.0 cm³/mol. The molecule has 0 saturated heterocycles. The van der Waals surface area contributed by atoms with E-state index < -0.39 is 11.7 Å². The number of fused-ring (bicyclic) bond motifs is 1. The van der Waals surface area contributed by atoms with Gasteiger partial charge in [0.25, 0.3) is 0 Å². The van der Waals surface area contributed by atoms with Gasteiger partial charge in [0.2, 0.25) is 0 Å². The molecule has 1 aromatic carbocycles. The summed E-state index contributed by atoms with van der Waals surface area (Å²) in [5, 5.41) is 4.43. The van der Waals surface area contributed by atoms with E-state index in [9.17, 15) is 4.79 Å². The van der Waals surface area contributed by atoms with E-state index in [0.29, 0.717) is 11.6 Å². The van der Waals surface area contributed by atoms with Crippen molar-refractivity contribution in [3.63, 3.8) is 0 Å². The minimum Gasteiger partial charge on any atom is -0.444 e. The van der Waals surface area contributed by atoms with E-state index in [4.69, 9.17) is 16.3 Å². The summed E-state index contributed by atoms with van der Waals surface area (Å²) < 4.78 is 7.17. The number of nitrogens with zero attached hydrogens (tertiary/aromatic N) is 1. The number of rotatable bonds is 2. The van der Waals surface area contributed by atoms with E-state index in [1.165, 1.54) is 0 Å². The van der Waals surface area contributed by atoms with Crippen LogP contribution in [0.1, 0.15) is 26.3 Å². The Kier molecular flexibility index (Phi) is 3.95. The van der Waals surface area contributed by atoms with Crippen molar-refractivity contribution in [2.45, 2.75) is 32.9 Å². The number of hydrogen-bond acceptors (Lipinski definition) is 2. The molecule has 20 heavy (non-hydrogen) atoms. The lowest BCUT2D eigenvalue weighted by Crippen LogP contribution is -2.32. The lowest BCUT2D eigenvalue weighted by atomic mass is 10.1. The van der Waals surface area contributed by atoms with Gasteiger partial charge in [0, 0.05) is 30.7 Å². The van der Waals surface area contributed by atoms with Crippen LogP contribution < -0.4 is 5.32 Å². The van der Waals surface area contributed by atoms with Crippen LogP contribution in [0, 0.1) is 0 Å². The fraction of sp³-hybridized carbons (Fsp3) is 0.400. The number of aryl methyl sites for hydroxylation is 1. The van der Waals surface area contributed by atoms with Crippen molar-refractivity contribution in [3.05, 3.63) is 35.0 Å². The topological polar surface area (TPSA) is 43.3 Å². The second-order valence-corrected chi connectivity index (χ2v) is 6.20. The SMILES string of the molecule is Cn1cc(Cl)c2cc(CNC(=O)OC(C)(C)C)ccc21. The molecule has 0 aliphatic heterocycles. The van der Waals surface area contributed by atoms with Gasteiger partial charge in [-0.05, 0) is 38.5 Å². The van der Waals surface area contributed by atoms with E-state index in [2.05, 4.69) is 5.32 Å². The molecule has 2 aromatic rings. The Bertz CT molecular complexity index is 641. The number of alkyl carbamates (subject to hydrolysis) is 1. The molecule has 2 rings (SSSR count). The Labute approximate surface area is 123 Å². The van der Waals surface area contributed by atoms with Crippen LogP contribution in [0.5, 0.6) is 0 Å². The maximum atomic E-state index is 11.6. The first-order valence-corrected chi connectivity index (χ1v) is 6.84. The van der Waals surface area contributed by atoms with Gasteiger partial charge in [-0.15, -0.1) is 0 Å². The molecule has 0 fully saturated rings. The number of nitrogens with one attached hydrogen (secondary N) is 1. The number of amides is 1. The summed E-state index contributed by atoms with van der Waals surface area (Å²) in [7, 11) is 1.95. The zero-order chi connectivity index (χ0) is 14.9. The average molecular weight is 295 g/mol. The van der Waals surface area contributed by atoms with Crippen molar-refractivity contribution in [2.75, 3.05) is 0 Å². The first-order chi connectivity index (χ1) is 9.26. The smallest absolute Gasteiger partial charge is 0.407 e. The van der Waals surface area contributed by atoms with Gasteiger partial charge < -0.3 is 14.6 Å². The number of aromatic nitrogens is 1. The first kappa shape index (κ1) is 14.7. The van der Waals surface area contributed by atoms with Crippen LogP contribution in [-0.2, 0) is 18.3 Å². The third-order valence-corrected chi connectivity index (χ3v) is 3.14. The molecule has 1 amide bonds. The second kappa shape index (κ2) is 5.37. The summed E-state index contributed by atoms with van der Waals surface area (Å²) in [4.78, 5) is 11.6. The van der Waals surface area contributed by atoms with Crippen molar-refractivity contribution in [1.82, 2.24) is 9.88 Å². The van der Waals surface area contributed by atoms with Gasteiger partial charge in [-0.2, -0.15) is 0 Å². The number of benzene rings is 1. The molecule has 5 heteroatoms. The van der Waals surface area contributed by atoms with Crippen LogP contribution in [0.2, 0.25) is 5.02 Å². The Morgan fingerprint density at radius 3 is 2.75 bits per heavy atom. The van der Waals surface area contributed by atoms with Gasteiger partial charge in [-0.25, -0.2) is 4.79 Å². The third-order valence-electron chi connectivity index (χ3n) is 2.84. The third kappa shape index (κ3) is 3.45. The van der Waals surface area contributed by atoms with Gasteiger partial charge >= 0.3 is 6.09 Å². The normalized spacial score (nSPS) is 11.7. The predicted octanol–water partition coefficient (Wildman–Crippen LogP) is 3.86. The molecule has 0 aliphatic rings. The first-order valence-electron chi connectivity index (χ1n) is 6.46. The van der Waals surface area contributed by atoms with Gasteiger partial charge in [0.15, 0.2) is 0 Å². The molecular formula is C15H19ClN2O2. The highest BCUT2D eigenvalue weighted by molar-refractivity contribution is 6.35. The Balaban J connectivity index is 2.07. The Hall–Kier alpha value is -1.68. The fourth-order valence-corrected chi connectivity index (χ4v) is 2.29. The van der Waals surface area contributed by atoms with Crippen LogP contribution in [0.15, 0.2) is 24.4 Å². The maximum absolute atomic E-state index is 11.6. The van der Waals surface area contributed by atoms with Crippen molar-refractivity contribution in [1.29, 1.82) is 0 Å². The van der Waals surface area contributed by atoms with Crippen LogP contribution in [0.4, 0.5) is 4.79 Å². The van der Waals surface area contributed by atoms with Crippen molar-refractivity contribution in [3.8, 4) is 0 Å².